The van der Waals surface area contributed by atoms with Crippen molar-refractivity contribution in [1.82, 2.24) is 0 Å². The fourth-order valence-corrected chi connectivity index (χ4v) is 2.31. The van der Waals surface area contributed by atoms with Crippen LogP contribution in [-0.4, -0.2) is 10.8 Å². The first-order valence-corrected chi connectivity index (χ1v) is 7.05. The Labute approximate surface area is 135 Å². The highest BCUT2D eigenvalue weighted by Gasteiger charge is 2.16. The third-order valence-electron chi connectivity index (χ3n) is 3.56. The normalized spacial score (nSPS) is 10.5. The minimum absolute atomic E-state index is 0.0734. The lowest BCUT2D eigenvalue weighted by molar-refractivity contribution is -0.384. The number of hydrogen-bond donors (Lipinski definition) is 1. The van der Waals surface area contributed by atoms with Crippen molar-refractivity contribution in [1.29, 1.82) is 0 Å². The third-order valence-corrected chi connectivity index (χ3v) is 3.56. The summed E-state index contributed by atoms with van der Waals surface area (Å²) in [5.74, 6) is -0.633. The number of carbonyl (C=O) groups is 1. The Balaban J connectivity index is 1.94. The molecule has 1 N–H and O–H groups in total. The Morgan fingerprint density at radius 2 is 1.92 bits per heavy atom. The van der Waals surface area contributed by atoms with Gasteiger partial charge in [0.25, 0.3) is 11.6 Å². The lowest BCUT2D eigenvalue weighted by Gasteiger charge is -2.08. The van der Waals surface area contributed by atoms with Gasteiger partial charge in [-0.25, -0.2) is 4.79 Å². The smallest absolute Gasteiger partial charge is 0.349 e. The van der Waals surface area contributed by atoms with Crippen LogP contribution in [0.4, 0.5) is 11.4 Å². The molecule has 0 atom stereocenters. The summed E-state index contributed by atoms with van der Waals surface area (Å²) in [4.78, 5) is 34.5. The SMILES string of the molecule is Cc1cc([N+](=O)[O-])ccc1NC(=O)c1cc2ccccc2oc1=O. The van der Waals surface area contributed by atoms with Crippen molar-refractivity contribution in [2.75, 3.05) is 5.32 Å². The Morgan fingerprint density at radius 3 is 2.62 bits per heavy atom. The van der Waals surface area contributed by atoms with Gasteiger partial charge in [-0.2, -0.15) is 0 Å². The van der Waals surface area contributed by atoms with Crippen LogP contribution in [0.3, 0.4) is 0 Å². The molecule has 0 saturated carbocycles. The van der Waals surface area contributed by atoms with Gasteiger partial charge in [-0.15, -0.1) is 0 Å². The zero-order valence-electron chi connectivity index (χ0n) is 12.6. The van der Waals surface area contributed by atoms with E-state index in [1.165, 1.54) is 24.3 Å². The Bertz CT molecular complexity index is 1020. The van der Waals surface area contributed by atoms with Gasteiger partial charge in [0, 0.05) is 23.2 Å². The zero-order chi connectivity index (χ0) is 17.3. The first-order chi connectivity index (χ1) is 11.5. The van der Waals surface area contributed by atoms with E-state index in [9.17, 15) is 19.7 Å². The monoisotopic (exact) mass is 324 g/mol. The van der Waals surface area contributed by atoms with Crippen LogP contribution >= 0.6 is 0 Å². The Hall–Kier alpha value is -3.48. The van der Waals surface area contributed by atoms with E-state index < -0.39 is 16.5 Å². The van der Waals surface area contributed by atoms with Gasteiger partial charge in [-0.3, -0.25) is 14.9 Å². The van der Waals surface area contributed by atoms with Gasteiger partial charge < -0.3 is 9.73 Å². The van der Waals surface area contributed by atoms with Gasteiger partial charge in [0.05, 0.1) is 4.92 Å². The lowest BCUT2D eigenvalue weighted by atomic mass is 10.1. The van der Waals surface area contributed by atoms with Gasteiger partial charge in [-0.05, 0) is 30.7 Å². The minimum Gasteiger partial charge on any atom is -0.422 e. The average molecular weight is 324 g/mol. The molecule has 0 fully saturated rings. The number of amides is 1. The number of carbonyl (C=O) groups excluding carboxylic acids is 1. The molecule has 7 nitrogen and oxygen atoms in total. The molecule has 7 heteroatoms. The molecule has 2 aromatic carbocycles. The second-order valence-electron chi connectivity index (χ2n) is 5.20. The number of anilines is 1. The molecule has 0 aliphatic heterocycles. The van der Waals surface area contributed by atoms with Crippen LogP contribution in [0.1, 0.15) is 15.9 Å². The molecule has 120 valence electrons. The standard InChI is InChI=1S/C17H12N2O5/c1-10-8-12(19(22)23)6-7-14(10)18-16(20)13-9-11-4-2-3-5-15(11)24-17(13)21/h2-9H,1H3,(H,18,20). The van der Waals surface area contributed by atoms with E-state index in [1.807, 2.05) is 0 Å². The van der Waals surface area contributed by atoms with Gasteiger partial charge >= 0.3 is 5.63 Å². The molecule has 1 amide bonds. The van der Waals surface area contributed by atoms with E-state index in [1.54, 1.807) is 31.2 Å². The summed E-state index contributed by atoms with van der Waals surface area (Å²) in [5.41, 5.74) is 0.347. The molecule has 0 spiro atoms. The van der Waals surface area contributed by atoms with Crippen LogP contribution in [0.2, 0.25) is 0 Å². The summed E-state index contributed by atoms with van der Waals surface area (Å²) in [5, 5.41) is 13.9. The van der Waals surface area contributed by atoms with Crippen LogP contribution in [0.25, 0.3) is 11.0 Å². The number of para-hydroxylation sites is 1. The van der Waals surface area contributed by atoms with E-state index in [4.69, 9.17) is 4.42 Å². The topological polar surface area (TPSA) is 102 Å². The van der Waals surface area contributed by atoms with Crippen molar-refractivity contribution >= 4 is 28.3 Å². The number of rotatable bonds is 3. The second kappa shape index (κ2) is 5.96. The third kappa shape index (κ3) is 2.87. The van der Waals surface area contributed by atoms with E-state index in [0.29, 0.717) is 22.2 Å². The molecule has 0 saturated heterocycles. The van der Waals surface area contributed by atoms with Gasteiger partial charge in [0.1, 0.15) is 11.1 Å². The van der Waals surface area contributed by atoms with Crippen LogP contribution in [-0.2, 0) is 0 Å². The molecule has 0 aliphatic carbocycles. The number of nitro benzene ring substituents is 1. The van der Waals surface area contributed by atoms with Crippen molar-refractivity contribution < 1.29 is 14.1 Å². The van der Waals surface area contributed by atoms with Crippen LogP contribution < -0.4 is 10.9 Å². The maximum Gasteiger partial charge on any atom is 0.349 e. The molecule has 24 heavy (non-hydrogen) atoms. The summed E-state index contributed by atoms with van der Waals surface area (Å²) in [6, 6.07) is 12.4. The minimum atomic E-state index is -0.745. The number of nitrogens with zero attached hydrogens (tertiary/aromatic N) is 1. The van der Waals surface area contributed by atoms with Crippen molar-refractivity contribution in [2.24, 2.45) is 0 Å². The number of non-ortho nitro benzene ring substituents is 1. The van der Waals surface area contributed by atoms with Crippen molar-refractivity contribution in [2.45, 2.75) is 6.92 Å². The summed E-state index contributed by atoms with van der Waals surface area (Å²) in [7, 11) is 0. The molecule has 0 unspecified atom stereocenters. The Morgan fingerprint density at radius 1 is 1.17 bits per heavy atom. The number of hydrogen-bond acceptors (Lipinski definition) is 5. The number of benzene rings is 2. The highest BCUT2D eigenvalue weighted by Crippen LogP contribution is 2.22. The van der Waals surface area contributed by atoms with Crippen LogP contribution in [0.5, 0.6) is 0 Å². The van der Waals surface area contributed by atoms with Crippen LogP contribution in [0, 0.1) is 17.0 Å². The summed E-state index contributed by atoms with van der Waals surface area (Å²) in [6.07, 6.45) is 0. The largest absolute Gasteiger partial charge is 0.422 e. The maximum atomic E-state index is 12.3. The molecule has 0 radical (unpaired) electrons. The molecule has 0 aliphatic rings. The zero-order valence-corrected chi connectivity index (χ0v) is 12.6. The summed E-state index contributed by atoms with van der Waals surface area (Å²) in [6.45, 7) is 1.63. The van der Waals surface area contributed by atoms with E-state index >= 15 is 0 Å². The predicted molar refractivity (Wildman–Crippen MR) is 88.3 cm³/mol. The molecule has 0 bridgehead atoms. The van der Waals surface area contributed by atoms with Gasteiger partial charge in [0.15, 0.2) is 0 Å². The fraction of sp³-hybridized carbons (Fsp3) is 0.0588. The van der Waals surface area contributed by atoms with Crippen LogP contribution in [0.15, 0.2) is 57.7 Å². The first kappa shape index (κ1) is 15.4. The fourth-order valence-electron chi connectivity index (χ4n) is 2.31. The molecule has 3 aromatic rings. The maximum absolute atomic E-state index is 12.3. The lowest BCUT2D eigenvalue weighted by Crippen LogP contribution is -2.21. The van der Waals surface area contributed by atoms with Crippen molar-refractivity contribution in [3.05, 3.63) is 80.2 Å². The Kier molecular flexibility index (Phi) is 3.83. The molecule has 1 aromatic heterocycles. The number of nitro groups is 1. The quantitative estimate of drug-likeness (QED) is 0.452. The highest BCUT2D eigenvalue weighted by atomic mass is 16.6. The van der Waals surface area contributed by atoms with E-state index in [2.05, 4.69) is 5.32 Å². The van der Waals surface area contributed by atoms with E-state index in [0.717, 1.165) is 0 Å². The molecular weight excluding hydrogens is 312 g/mol. The number of fused-ring (bicyclic) bond motifs is 1. The van der Waals surface area contributed by atoms with E-state index in [-0.39, 0.29) is 11.3 Å². The summed E-state index contributed by atoms with van der Waals surface area (Å²) >= 11 is 0. The second-order valence-corrected chi connectivity index (χ2v) is 5.20. The summed E-state index contributed by atoms with van der Waals surface area (Å²) < 4.78 is 5.13. The molecular formula is C17H12N2O5. The predicted octanol–water partition coefficient (Wildman–Crippen LogP) is 3.26. The number of aryl methyl sites for hydroxylation is 1. The van der Waals surface area contributed by atoms with Gasteiger partial charge in [0.2, 0.25) is 0 Å². The van der Waals surface area contributed by atoms with Gasteiger partial charge in [-0.1, -0.05) is 18.2 Å². The molecule has 1 heterocycles. The number of nitrogens with one attached hydrogen (secondary N) is 1. The average Bonchev–Trinajstić information content (AvgIpc) is 2.55. The van der Waals surface area contributed by atoms with Crippen molar-refractivity contribution in [3.63, 3.8) is 0 Å². The molecule has 3 rings (SSSR count). The first-order valence-electron chi connectivity index (χ1n) is 7.05. The van der Waals surface area contributed by atoms with Crippen molar-refractivity contribution in [3.8, 4) is 0 Å². The highest BCUT2D eigenvalue weighted by molar-refractivity contribution is 6.05.